The van der Waals surface area contributed by atoms with Gasteiger partial charge in [0.25, 0.3) is 0 Å². The minimum absolute atomic E-state index is 0.0749. The van der Waals surface area contributed by atoms with E-state index in [0.29, 0.717) is 12.2 Å². The van der Waals surface area contributed by atoms with Crippen LogP contribution in [0.4, 0.5) is 8.78 Å². The lowest BCUT2D eigenvalue weighted by Gasteiger charge is -2.07. The van der Waals surface area contributed by atoms with E-state index < -0.39 is 11.7 Å². The van der Waals surface area contributed by atoms with Gasteiger partial charge >= 0.3 is 0 Å². The van der Waals surface area contributed by atoms with E-state index in [1.54, 1.807) is 0 Å². The van der Waals surface area contributed by atoms with E-state index in [9.17, 15) is 8.78 Å². The van der Waals surface area contributed by atoms with Crippen LogP contribution in [-0.2, 0) is 4.84 Å². The average Bonchev–Trinajstić information content (AvgIpc) is 2.53. The molecule has 0 bridgehead atoms. The molecule has 1 saturated heterocycles. The number of nitrogens with one attached hydrogen (secondary N) is 1. The first-order valence-corrected chi connectivity index (χ1v) is 4.36. The second-order valence-corrected chi connectivity index (χ2v) is 3.14. The lowest BCUT2D eigenvalue weighted by atomic mass is 10.1. The molecular formula is C10H13F2NO. The van der Waals surface area contributed by atoms with Gasteiger partial charge < -0.3 is 4.84 Å². The van der Waals surface area contributed by atoms with Crippen LogP contribution in [0.5, 0.6) is 0 Å². The van der Waals surface area contributed by atoms with E-state index in [0.717, 1.165) is 12.5 Å². The Bertz CT molecular complexity index is 274. The summed E-state index contributed by atoms with van der Waals surface area (Å²) in [5, 5.41) is 0. The number of hydrogen-bond acceptors (Lipinski definition) is 2. The Kier molecular flexibility index (Phi) is 3.98. The van der Waals surface area contributed by atoms with Crippen LogP contribution in [0.2, 0.25) is 0 Å². The van der Waals surface area contributed by atoms with Crippen LogP contribution in [0.3, 0.4) is 0 Å². The van der Waals surface area contributed by atoms with Crippen molar-refractivity contribution in [1.29, 1.82) is 0 Å². The average molecular weight is 201 g/mol. The highest BCUT2D eigenvalue weighted by atomic mass is 19.1. The van der Waals surface area contributed by atoms with E-state index in [4.69, 9.17) is 4.84 Å². The van der Waals surface area contributed by atoms with Crippen molar-refractivity contribution in [3.8, 4) is 0 Å². The fourth-order valence-electron chi connectivity index (χ4n) is 1.17. The van der Waals surface area contributed by atoms with Crippen LogP contribution < -0.4 is 5.48 Å². The van der Waals surface area contributed by atoms with Gasteiger partial charge in [-0.15, -0.1) is 0 Å². The second-order valence-electron chi connectivity index (χ2n) is 3.14. The lowest BCUT2D eigenvalue weighted by Crippen LogP contribution is -2.21. The van der Waals surface area contributed by atoms with Gasteiger partial charge in [0.15, 0.2) is 0 Å². The summed E-state index contributed by atoms with van der Waals surface area (Å²) in [5.74, 6) is -1.20. The smallest absolute Gasteiger partial charge is 0.126 e. The summed E-state index contributed by atoms with van der Waals surface area (Å²) in [4.78, 5) is 4.89. The maximum atomic E-state index is 13.0. The van der Waals surface area contributed by atoms with Crippen molar-refractivity contribution in [1.82, 2.24) is 5.48 Å². The van der Waals surface area contributed by atoms with E-state index in [2.05, 4.69) is 12.1 Å². The van der Waals surface area contributed by atoms with Crippen molar-refractivity contribution in [3.05, 3.63) is 36.0 Å². The normalized spacial score (nSPS) is 24.1. The third kappa shape index (κ3) is 3.40. The number of hydrogen-bond donors (Lipinski definition) is 1. The second kappa shape index (κ2) is 5.02. The largest absolute Gasteiger partial charge is 0.301 e. The summed E-state index contributed by atoms with van der Waals surface area (Å²) in [6.45, 7) is 5.44. The van der Waals surface area contributed by atoms with Gasteiger partial charge in [0.1, 0.15) is 5.83 Å². The van der Waals surface area contributed by atoms with Crippen molar-refractivity contribution in [2.24, 2.45) is 0 Å². The number of rotatable bonds is 3. The zero-order valence-corrected chi connectivity index (χ0v) is 8.02. The van der Waals surface area contributed by atoms with Crippen molar-refractivity contribution >= 4 is 0 Å². The number of halogens is 2. The fraction of sp³-hybridized carbons (Fsp3) is 0.400. The zero-order chi connectivity index (χ0) is 10.6. The Labute approximate surface area is 81.9 Å². The van der Waals surface area contributed by atoms with Gasteiger partial charge in [0.2, 0.25) is 0 Å². The molecule has 1 N–H and O–H groups in total. The molecule has 1 rings (SSSR count). The molecular weight excluding hydrogens is 188 g/mol. The van der Waals surface area contributed by atoms with Crippen molar-refractivity contribution in [3.63, 3.8) is 0 Å². The molecule has 1 fully saturated rings. The third-order valence-corrected chi connectivity index (χ3v) is 1.84. The molecule has 0 spiro atoms. The molecule has 1 heterocycles. The van der Waals surface area contributed by atoms with Gasteiger partial charge in [0.05, 0.1) is 18.5 Å². The predicted molar refractivity (Wildman–Crippen MR) is 50.7 cm³/mol. The Morgan fingerprint density at radius 2 is 2.21 bits per heavy atom. The molecule has 0 amide bonds. The zero-order valence-electron chi connectivity index (χ0n) is 8.02. The van der Waals surface area contributed by atoms with Crippen LogP contribution in [0.1, 0.15) is 13.3 Å². The first-order chi connectivity index (χ1) is 6.59. The fourth-order valence-corrected chi connectivity index (χ4v) is 1.17. The van der Waals surface area contributed by atoms with E-state index in [1.807, 2.05) is 0 Å². The molecule has 0 saturated carbocycles. The topological polar surface area (TPSA) is 21.3 Å². The summed E-state index contributed by atoms with van der Waals surface area (Å²) in [6.07, 6.45) is 2.78. The molecule has 1 aliphatic heterocycles. The maximum Gasteiger partial charge on any atom is 0.126 e. The molecule has 14 heavy (non-hydrogen) atoms. The Balaban J connectivity index is 2.57. The summed E-state index contributed by atoms with van der Waals surface area (Å²) >= 11 is 0. The number of allylic oxidation sites excluding steroid dienone is 3. The lowest BCUT2D eigenvalue weighted by molar-refractivity contribution is 0.0934. The van der Waals surface area contributed by atoms with E-state index in [1.165, 1.54) is 13.0 Å². The molecule has 0 aromatic rings. The Hall–Kier alpha value is -1.00. The van der Waals surface area contributed by atoms with Crippen LogP contribution in [0.25, 0.3) is 0 Å². The summed E-state index contributed by atoms with van der Waals surface area (Å²) in [5.41, 5.74) is 3.24. The molecule has 4 heteroatoms. The van der Waals surface area contributed by atoms with Gasteiger partial charge in [-0.05, 0) is 25.0 Å². The number of hydroxylamine groups is 1. The SMILES string of the molecule is C=C(/C=C(F)\C=C(/C)F)[C@@H]1CCON1. The molecule has 0 aliphatic carbocycles. The molecule has 1 atom stereocenters. The van der Waals surface area contributed by atoms with Crippen molar-refractivity contribution in [2.75, 3.05) is 6.61 Å². The van der Waals surface area contributed by atoms with Crippen LogP contribution in [0, 0.1) is 0 Å². The Morgan fingerprint density at radius 1 is 1.50 bits per heavy atom. The molecule has 0 unspecified atom stereocenters. The van der Waals surface area contributed by atoms with Crippen LogP contribution in [-0.4, -0.2) is 12.6 Å². The minimum atomic E-state index is -0.635. The van der Waals surface area contributed by atoms with Crippen molar-refractivity contribution < 1.29 is 13.6 Å². The third-order valence-electron chi connectivity index (χ3n) is 1.84. The summed E-state index contributed by atoms with van der Waals surface area (Å²) in [6, 6.07) is -0.0749. The minimum Gasteiger partial charge on any atom is -0.301 e. The summed E-state index contributed by atoms with van der Waals surface area (Å²) < 4.78 is 25.3. The monoisotopic (exact) mass is 201 g/mol. The van der Waals surface area contributed by atoms with Crippen molar-refractivity contribution in [2.45, 2.75) is 19.4 Å². The Morgan fingerprint density at radius 3 is 2.71 bits per heavy atom. The van der Waals surface area contributed by atoms with E-state index >= 15 is 0 Å². The van der Waals surface area contributed by atoms with E-state index in [-0.39, 0.29) is 6.04 Å². The molecule has 0 aromatic heterocycles. The molecule has 2 nitrogen and oxygen atoms in total. The molecule has 0 aromatic carbocycles. The first kappa shape index (κ1) is 11.1. The quantitative estimate of drug-likeness (QED) is 0.708. The maximum absolute atomic E-state index is 13.0. The standard InChI is InChI=1S/C10H13F2NO/c1-7(10-3-4-14-13-10)5-9(12)6-8(2)11/h5-6,10,13H,1,3-4H2,2H3/b8-6+,9-5+/t10-/m0/s1. The molecule has 1 aliphatic rings. The van der Waals surface area contributed by atoms with Gasteiger partial charge in [-0.2, -0.15) is 5.48 Å². The van der Waals surface area contributed by atoms with Crippen LogP contribution >= 0.6 is 0 Å². The molecule has 78 valence electrons. The van der Waals surface area contributed by atoms with Gasteiger partial charge in [-0.25, -0.2) is 8.78 Å². The highest BCUT2D eigenvalue weighted by Gasteiger charge is 2.16. The molecule has 0 radical (unpaired) electrons. The van der Waals surface area contributed by atoms with Gasteiger partial charge in [-0.1, -0.05) is 6.58 Å². The first-order valence-electron chi connectivity index (χ1n) is 4.36. The highest BCUT2D eigenvalue weighted by Crippen LogP contribution is 2.15. The summed E-state index contributed by atoms with van der Waals surface area (Å²) in [7, 11) is 0. The van der Waals surface area contributed by atoms with Crippen LogP contribution in [0.15, 0.2) is 36.0 Å². The van der Waals surface area contributed by atoms with Gasteiger partial charge in [0, 0.05) is 6.08 Å². The highest BCUT2D eigenvalue weighted by molar-refractivity contribution is 5.28. The van der Waals surface area contributed by atoms with Gasteiger partial charge in [-0.3, -0.25) is 0 Å². The predicted octanol–water partition coefficient (Wildman–Crippen LogP) is 2.56.